The highest BCUT2D eigenvalue weighted by Gasteiger charge is 2.33. The Hall–Kier alpha value is -1.47. The molecular formula is C20H31FN2O3S. The van der Waals surface area contributed by atoms with E-state index in [4.69, 9.17) is 0 Å². The molecule has 1 aliphatic heterocycles. The van der Waals surface area contributed by atoms with Crippen LogP contribution in [0.15, 0.2) is 29.2 Å². The van der Waals surface area contributed by atoms with E-state index in [2.05, 4.69) is 19.2 Å². The van der Waals surface area contributed by atoms with Crippen molar-refractivity contribution in [1.29, 1.82) is 0 Å². The largest absolute Gasteiger partial charge is 0.353 e. The van der Waals surface area contributed by atoms with E-state index in [1.807, 2.05) is 6.92 Å². The van der Waals surface area contributed by atoms with Crippen LogP contribution in [0.2, 0.25) is 0 Å². The Labute approximate surface area is 162 Å². The van der Waals surface area contributed by atoms with Crippen molar-refractivity contribution in [2.45, 2.75) is 63.8 Å². The van der Waals surface area contributed by atoms with Gasteiger partial charge in [0.05, 0.1) is 0 Å². The number of benzene rings is 1. The van der Waals surface area contributed by atoms with Crippen molar-refractivity contribution >= 4 is 15.9 Å². The summed E-state index contributed by atoms with van der Waals surface area (Å²) in [6.07, 6.45) is 4.09. The van der Waals surface area contributed by atoms with E-state index in [9.17, 15) is 17.6 Å². The van der Waals surface area contributed by atoms with E-state index in [1.54, 1.807) is 0 Å². The highest BCUT2D eigenvalue weighted by molar-refractivity contribution is 7.89. The first-order chi connectivity index (χ1) is 12.7. The first-order valence-electron chi connectivity index (χ1n) is 9.77. The zero-order valence-electron chi connectivity index (χ0n) is 16.4. The van der Waals surface area contributed by atoms with Crippen molar-refractivity contribution < 1.29 is 17.6 Å². The molecule has 0 bridgehead atoms. The molecule has 0 radical (unpaired) electrons. The maximum Gasteiger partial charge on any atom is 0.245 e. The smallest absolute Gasteiger partial charge is 0.245 e. The van der Waals surface area contributed by atoms with Crippen LogP contribution in [0.1, 0.15) is 52.9 Å². The summed E-state index contributed by atoms with van der Waals surface area (Å²) in [6, 6.07) is 5.52. The van der Waals surface area contributed by atoms with Crippen molar-refractivity contribution in [3.63, 3.8) is 0 Å². The lowest BCUT2D eigenvalue weighted by molar-refractivity contribution is -0.126. The van der Waals surface area contributed by atoms with Gasteiger partial charge in [0.25, 0.3) is 0 Å². The van der Waals surface area contributed by atoms with Crippen molar-refractivity contribution in [3.8, 4) is 0 Å². The first kappa shape index (κ1) is 21.8. The average molecular weight is 399 g/mol. The molecule has 1 unspecified atom stereocenters. The second-order valence-corrected chi connectivity index (χ2v) is 9.75. The third kappa shape index (κ3) is 6.01. The molecule has 5 nitrogen and oxygen atoms in total. The molecule has 1 amide bonds. The number of hydrogen-bond acceptors (Lipinski definition) is 3. The highest BCUT2D eigenvalue weighted by atomic mass is 32.2. The van der Waals surface area contributed by atoms with E-state index in [1.165, 1.54) is 22.5 Å². The highest BCUT2D eigenvalue weighted by Crippen LogP contribution is 2.25. The average Bonchev–Trinajstić information content (AvgIpc) is 2.61. The second kappa shape index (κ2) is 9.64. The molecule has 1 N–H and O–H groups in total. The molecule has 27 heavy (non-hydrogen) atoms. The number of carbonyl (C=O) groups is 1. The molecule has 1 heterocycles. The molecule has 7 heteroatoms. The van der Waals surface area contributed by atoms with Crippen LogP contribution < -0.4 is 5.32 Å². The number of halogens is 1. The lowest BCUT2D eigenvalue weighted by Gasteiger charge is -2.31. The molecule has 0 aromatic heterocycles. The minimum Gasteiger partial charge on any atom is -0.353 e. The molecule has 0 aliphatic carbocycles. The molecule has 0 spiro atoms. The second-order valence-electron chi connectivity index (χ2n) is 7.84. The third-order valence-corrected chi connectivity index (χ3v) is 7.02. The lowest BCUT2D eigenvalue weighted by atomic mass is 9.96. The number of rotatable bonds is 8. The number of piperidine rings is 1. The van der Waals surface area contributed by atoms with Gasteiger partial charge in [-0.2, -0.15) is 4.31 Å². The molecular weight excluding hydrogens is 367 g/mol. The summed E-state index contributed by atoms with van der Waals surface area (Å²) in [6.45, 7) is 6.85. The van der Waals surface area contributed by atoms with Gasteiger partial charge < -0.3 is 5.32 Å². The fraction of sp³-hybridized carbons (Fsp3) is 0.650. The van der Waals surface area contributed by atoms with Crippen molar-refractivity contribution in [2.75, 3.05) is 13.1 Å². The predicted molar refractivity (Wildman–Crippen MR) is 104 cm³/mol. The Morgan fingerprint density at radius 2 is 1.81 bits per heavy atom. The Morgan fingerprint density at radius 3 is 2.41 bits per heavy atom. The van der Waals surface area contributed by atoms with Crippen LogP contribution in [0.4, 0.5) is 4.39 Å². The number of amides is 1. The Bertz CT molecular complexity index is 728. The van der Waals surface area contributed by atoms with Gasteiger partial charge in [0.15, 0.2) is 0 Å². The molecule has 152 valence electrons. The minimum absolute atomic E-state index is 0.00464. The number of carbonyl (C=O) groups excluding carboxylic acids is 1. The maximum absolute atomic E-state index is 13.9. The van der Waals surface area contributed by atoms with Crippen LogP contribution in [0.25, 0.3) is 0 Å². The Balaban J connectivity index is 1.86. The summed E-state index contributed by atoms with van der Waals surface area (Å²) >= 11 is 0. The summed E-state index contributed by atoms with van der Waals surface area (Å²) in [7, 11) is -3.86. The summed E-state index contributed by atoms with van der Waals surface area (Å²) < 4.78 is 40.4. The van der Waals surface area contributed by atoms with Gasteiger partial charge >= 0.3 is 0 Å². The summed E-state index contributed by atoms with van der Waals surface area (Å²) in [5, 5.41) is 3.05. The molecule has 1 aromatic carbocycles. The molecule has 1 saturated heterocycles. The van der Waals surface area contributed by atoms with Gasteiger partial charge in [-0.15, -0.1) is 0 Å². The van der Waals surface area contributed by atoms with Crippen molar-refractivity contribution in [1.82, 2.24) is 9.62 Å². The van der Waals surface area contributed by atoms with Crippen LogP contribution in [0, 0.1) is 17.7 Å². The first-order valence-corrected chi connectivity index (χ1v) is 11.2. The lowest BCUT2D eigenvalue weighted by Crippen LogP contribution is -2.44. The molecule has 2 rings (SSSR count). The topological polar surface area (TPSA) is 66.5 Å². The zero-order chi connectivity index (χ0) is 20.0. The number of hydrogen-bond donors (Lipinski definition) is 1. The minimum atomic E-state index is -3.86. The summed E-state index contributed by atoms with van der Waals surface area (Å²) in [5.74, 6) is -0.277. The van der Waals surface area contributed by atoms with E-state index in [-0.39, 0.29) is 35.9 Å². The maximum atomic E-state index is 13.9. The summed E-state index contributed by atoms with van der Waals surface area (Å²) in [4.78, 5) is 12.1. The van der Waals surface area contributed by atoms with E-state index in [0.29, 0.717) is 18.8 Å². The van der Waals surface area contributed by atoms with Crippen molar-refractivity contribution in [3.05, 3.63) is 30.1 Å². The van der Waals surface area contributed by atoms with Crippen LogP contribution >= 0.6 is 0 Å². The molecule has 1 aromatic rings. The molecule has 0 saturated carbocycles. The Kier molecular flexibility index (Phi) is 7.79. The van der Waals surface area contributed by atoms with E-state index in [0.717, 1.165) is 25.3 Å². The zero-order valence-corrected chi connectivity index (χ0v) is 17.3. The molecule has 1 fully saturated rings. The number of nitrogens with zero attached hydrogens (tertiary/aromatic N) is 1. The van der Waals surface area contributed by atoms with Crippen LogP contribution in [0.5, 0.6) is 0 Å². The predicted octanol–water partition coefficient (Wildman–Crippen LogP) is 3.56. The van der Waals surface area contributed by atoms with E-state index >= 15 is 0 Å². The normalized spacial score (nSPS) is 17.8. The van der Waals surface area contributed by atoms with E-state index < -0.39 is 15.8 Å². The third-order valence-electron chi connectivity index (χ3n) is 5.09. The fourth-order valence-electron chi connectivity index (χ4n) is 3.42. The van der Waals surface area contributed by atoms with Gasteiger partial charge in [-0.05, 0) is 44.2 Å². The fourth-order valence-corrected chi connectivity index (χ4v) is 4.95. The van der Waals surface area contributed by atoms with Gasteiger partial charge in [-0.1, -0.05) is 38.8 Å². The standard InChI is InChI=1S/C20H31FN2O3S/c1-15(2)7-6-8-16(3)22-20(24)17-11-13-23(14-12-17)27(25,26)19-10-5-4-9-18(19)21/h4-5,9-10,15-17H,6-8,11-14H2,1-3H3,(H,22,24). The quantitative estimate of drug-likeness (QED) is 0.728. The van der Waals surface area contributed by atoms with Gasteiger partial charge in [0.2, 0.25) is 15.9 Å². The SMILES string of the molecule is CC(C)CCCC(C)NC(=O)C1CCN(S(=O)(=O)c2ccccc2F)CC1. The monoisotopic (exact) mass is 398 g/mol. The van der Waals surface area contributed by atoms with Crippen molar-refractivity contribution in [2.24, 2.45) is 11.8 Å². The number of nitrogens with one attached hydrogen (secondary N) is 1. The van der Waals surface area contributed by atoms with Crippen LogP contribution in [0.3, 0.4) is 0 Å². The Morgan fingerprint density at radius 1 is 1.19 bits per heavy atom. The van der Waals surface area contributed by atoms with Gasteiger partial charge in [-0.3, -0.25) is 4.79 Å². The molecule has 1 atom stereocenters. The summed E-state index contributed by atoms with van der Waals surface area (Å²) in [5.41, 5.74) is 0. The molecule has 1 aliphatic rings. The van der Waals surface area contributed by atoms with Gasteiger partial charge in [-0.25, -0.2) is 12.8 Å². The van der Waals surface area contributed by atoms with Gasteiger partial charge in [0.1, 0.15) is 10.7 Å². The number of sulfonamides is 1. The van der Waals surface area contributed by atoms with Crippen LogP contribution in [-0.4, -0.2) is 37.8 Å². The van der Waals surface area contributed by atoms with Gasteiger partial charge in [0, 0.05) is 25.0 Å². The van der Waals surface area contributed by atoms with Crippen LogP contribution in [-0.2, 0) is 14.8 Å².